The van der Waals surface area contributed by atoms with Gasteiger partial charge in [0.1, 0.15) is 12.7 Å². The molecule has 1 aromatic heterocycles. The summed E-state index contributed by atoms with van der Waals surface area (Å²) >= 11 is 0. The molecule has 1 aliphatic carbocycles. The van der Waals surface area contributed by atoms with Crippen molar-refractivity contribution in [3.63, 3.8) is 0 Å². The van der Waals surface area contributed by atoms with Gasteiger partial charge in [-0.3, -0.25) is 4.79 Å². The molecule has 6 heteroatoms. The summed E-state index contributed by atoms with van der Waals surface area (Å²) in [6.07, 6.45) is 8.44. The van der Waals surface area contributed by atoms with E-state index in [9.17, 15) is 4.79 Å². The Labute approximate surface area is 142 Å². The van der Waals surface area contributed by atoms with Gasteiger partial charge in [-0.25, -0.2) is 4.98 Å². The van der Waals surface area contributed by atoms with Crippen LogP contribution in [0.2, 0.25) is 0 Å². The molecule has 0 spiro atoms. The maximum Gasteiger partial charge on any atom is 0.246 e. The lowest BCUT2D eigenvalue weighted by Crippen LogP contribution is -2.39. The topological polar surface area (TPSA) is 69.7 Å². The Morgan fingerprint density at radius 3 is 2.83 bits per heavy atom. The first-order chi connectivity index (χ1) is 11.8. The van der Waals surface area contributed by atoms with Crippen LogP contribution in [0.3, 0.4) is 0 Å². The maximum absolute atomic E-state index is 12.2. The van der Waals surface area contributed by atoms with Gasteiger partial charge >= 0.3 is 0 Å². The third kappa shape index (κ3) is 4.45. The second kappa shape index (κ2) is 8.44. The zero-order valence-corrected chi connectivity index (χ0v) is 14.2. The summed E-state index contributed by atoms with van der Waals surface area (Å²) in [6.45, 7) is 0.764. The fourth-order valence-electron chi connectivity index (χ4n) is 3.42. The molecule has 1 N–H and O–H groups in total. The molecule has 3 rings (SSSR count). The zero-order chi connectivity index (χ0) is 16.8. The van der Waals surface area contributed by atoms with E-state index >= 15 is 0 Å². The van der Waals surface area contributed by atoms with Crippen molar-refractivity contribution in [2.75, 3.05) is 20.3 Å². The van der Waals surface area contributed by atoms with Crippen LogP contribution in [-0.4, -0.2) is 43.4 Å². The molecule has 0 bridgehead atoms. The highest BCUT2D eigenvalue weighted by Crippen LogP contribution is 2.29. The Bertz CT molecular complexity index is 528. The van der Waals surface area contributed by atoms with E-state index in [1.807, 2.05) is 12.1 Å². The molecule has 1 aliphatic heterocycles. The SMILES string of the molecule is COc1ccc([C@H]2OCC[C@@H]2NC(=O)COC2CCCCC2)cn1. The highest BCUT2D eigenvalue weighted by Gasteiger charge is 2.31. The van der Waals surface area contributed by atoms with Crippen LogP contribution >= 0.6 is 0 Å². The molecular formula is C18H26N2O4. The van der Waals surface area contributed by atoms with Crippen molar-refractivity contribution in [1.82, 2.24) is 10.3 Å². The van der Waals surface area contributed by atoms with E-state index in [1.165, 1.54) is 19.3 Å². The minimum atomic E-state index is -0.165. The average Bonchev–Trinajstić information content (AvgIpc) is 3.09. The van der Waals surface area contributed by atoms with Gasteiger partial charge in [-0.2, -0.15) is 0 Å². The van der Waals surface area contributed by atoms with Gasteiger partial charge in [0.15, 0.2) is 0 Å². The Hall–Kier alpha value is -1.66. The molecule has 132 valence electrons. The molecule has 0 radical (unpaired) electrons. The first kappa shape index (κ1) is 17.2. The Kier molecular flexibility index (Phi) is 6.04. The number of rotatable bonds is 6. The highest BCUT2D eigenvalue weighted by atomic mass is 16.5. The van der Waals surface area contributed by atoms with Crippen molar-refractivity contribution in [3.8, 4) is 5.88 Å². The summed E-state index contributed by atoms with van der Waals surface area (Å²) in [5.74, 6) is 0.501. The van der Waals surface area contributed by atoms with Crippen LogP contribution in [0.15, 0.2) is 18.3 Å². The molecule has 0 unspecified atom stereocenters. The summed E-state index contributed by atoms with van der Waals surface area (Å²) in [6, 6.07) is 3.70. The third-order valence-corrected chi connectivity index (χ3v) is 4.74. The zero-order valence-electron chi connectivity index (χ0n) is 14.2. The van der Waals surface area contributed by atoms with Crippen LogP contribution in [0, 0.1) is 0 Å². The van der Waals surface area contributed by atoms with Crippen molar-refractivity contribution in [2.24, 2.45) is 0 Å². The molecule has 2 fully saturated rings. The Balaban J connectivity index is 1.50. The van der Waals surface area contributed by atoms with Gasteiger partial charge in [0.2, 0.25) is 11.8 Å². The number of nitrogens with zero attached hydrogens (tertiary/aromatic N) is 1. The van der Waals surface area contributed by atoms with E-state index in [2.05, 4.69) is 10.3 Å². The number of pyridine rings is 1. The standard InChI is InChI=1S/C18H26N2O4/c1-22-17-8-7-13(11-19-17)18-15(9-10-23-18)20-16(21)12-24-14-5-3-2-4-6-14/h7-8,11,14-15,18H,2-6,9-10,12H2,1H3,(H,20,21)/t15-,18+/m0/s1. The minimum absolute atomic E-state index is 0.0392. The monoisotopic (exact) mass is 334 g/mol. The number of aromatic nitrogens is 1. The van der Waals surface area contributed by atoms with E-state index in [0.29, 0.717) is 12.5 Å². The number of ether oxygens (including phenoxy) is 3. The lowest BCUT2D eigenvalue weighted by Gasteiger charge is -2.23. The highest BCUT2D eigenvalue weighted by molar-refractivity contribution is 5.77. The van der Waals surface area contributed by atoms with Crippen LogP contribution < -0.4 is 10.1 Å². The molecule has 1 saturated carbocycles. The molecule has 6 nitrogen and oxygen atoms in total. The first-order valence-corrected chi connectivity index (χ1v) is 8.79. The quantitative estimate of drug-likeness (QED) is 0.865. The Morgan fingerprint density at radius 2 is 2.12 bits per heavy atom. The summed E-state index contributed by atoms with van der Waals surface area (Å²) < 4.78 is 16.6. The van der Waals surface area contributed by atoms with Crippen LogP contribution in [-0.2, 0) is 14.3 Å². The predicted molar refractivity (Wildman–Crippen MR) is 88.9 cm³/mol. The average molecular weight is 334 g/mol. The third-order valence-electron chi connectivity index (χ3n) is 4.74. The van der Waals surface area contributed by atoms with Crippen molar-refractivity contribution < 1.29 is 19.0 Å². The van der Waals surface area contributed by atoms with E-state index in [1.54, 1.807) is 13.3 Å². The number of hydrogen-bond acceptors (Lipinski definition) is 5. The van der Waals surface area contributed by atoms with Crippen LogP contribution in [0.1, 0.15) is 50.2 Å². The molecule has 2 aliphatic rings. The van der Waals surface area contributed by atoms with Crippen LogP contribution in [0.5, 0.6) is 5.88 Å². The van der Waals surface area contributed by atoms with Crippen molar-refractivity contribution in [3.05, 3.63) is 23.9 Å². The number of carbonyl (C=O) groups excluding carboxylic acids is 1. The lowest BCUT2D eigenvalue weighted by atomic mass is 9.98. The van der Waals surface area contributed by atoms with Gasteiger partial charge < -0.3 is 19.5 Å². The fourth-order valence-corrected chi connectivity index (χ4v) is 3.42. The van der Waals surface area contributed by atoms with Gasteiger partial charge in [-0.1, -0.05) is 19.3 Å². The van der Waals surface area contributed by atoms with Gasteiger partial charge in [0, 0.05) is 24.4 Å². The Morgan fingerprint density at radius 1 is 1.29 bits per heavy atom. The van der Waals surface area contributed by atoms with Crippen LogP contribution in [0.25, 0.3) is 0 Å². The van der Waals surface area contributed by atoms with E-state index in [0.717, 1.165) is 24.8 Å². The lowest BCUT2D eigenvalue weighted by molar-refractivity contribution is -0.129. The van der Waals surface area contributed by atoms with E-state index < -0.39 is 0 Å². The van der Waals surface area contributed by atoms with Crippen molar-refractivity contribution in [2.45, 2.75) is 56.8 Å². The smallest absolute Gasteiger partial charge is 0.246 e. The second-order valence-electron chi connectivity index (χ2n) is 6.46. The first-order valence-electron chi connectivity index (χ1n) is 8.79. The normalized spacial score (nSPS) is 24.7. The number of nitrogens with one attached hydrogen (secondary N) is 1. The van der Waals surface area contributed by atoms with Gasteiger partial charge in [-0.15, -0.1) is 0 Å². The summed E-state index contributed by atoms with van der Waals surface area (Å²) in [7, 11) is 1.59. The van der Waals surface area contributed by atoms with Gasteiger partial charge in [0.25, 0.3) is 0 Å². The van der Waals surface area contributed by atoms with Crippen molar-refractivity contribution >= 4 is 5.91 Å². The summed E-state index contributed by atoms with van der Waals surface area (Å²) in [5, 5.41) is 3.05. The fraction of sp³-hybridized carbons (Fsp3) is 0.667. The maximum atomic E-state index is 12.2. The predicted octanol–water partition coefficient (Wildman–Crippen LogP) is 2.39. The largest absolute Gasteiger partial charge is 0.481 e. The van der Waals surface area contributed by atoms with Gasteiger partial charge in [-0.05, 0) is 25.3 Å². The molecule has 2 heterocycles. The number of hydrogen-bond donors (Lipinski definition) is 1. The molecule has 2 atom stereocenters. The van der Waals surface area contributed by atoms with Crippen molar-refractivity contribution in [1.29, 1.82) is 0 Å². The molecule has 1 amide bonds. The summed E-state index contributed by atoms with van der Waals surface area (Å²) in [4.78, 5) is 16.4. The second-order valence-corrected chi connectivity index (χ2v) is 6.46. The van der Waals surface area contributed by atoms with Gasteiger partial charge in [0.05, 0.1) is 19.3 Å². The molecule has 1 saturated heterocycles. The number of carbonyl (C=O) groups is 1. The molecule has 0 aromatic carbocycles. The molecule has 24 heavy (non-hydrogen) atoms. The number of methoxy groups -OCH3 is 1. The number of amides is 1. The molecule has 1 aromatic rings. The minimum Gasteiger partial charge on any atom is -0.481 e. The van der Waals surface area contributed by atoms with E-state index in [4.69, 9.17) is 14.2 Å². The van der Waals surface area contributed by atoms with E-state index in [-0.39, 0.29) is 30.8 Å². The summed E-state index contributed by atoms with van der Waals surface area (Å²) in [5.41, 5.74) is 0.951. The van der Waals surface area contributed by atoms with Crippen LogP contribution in [0.4, 0.5) is 0 Å². The molecular weight excluding hydrogens is 308 g/mol.